The number of esters is 1. The van der Waals surface area contributed by atoms with Crippen LogP contribution in [0.25, 0.3) is 0 Å². The maximum atomic E-state index is 14.8. The van der Waals surface area contributed by atoms with Crippen LogP contribution >= 0.6 is 0 Å². The lowest BCUT2D eigenvalue weighted by molar-refractivity contribution is -0.169. The van der Waals surface area contributed by atoms with Crippen LogP contribution in [0.4, 0.5) is 15.8 Å². The molecule has 2 aromatic carbocycles. The minimum atomic E-state index is -1.60. The molecule has 33 heavy (non-hydrogen) atoms. The number of anilines is 2. The van der Waals surface area contributed by atoms with E-state index in [2.05, 4.69) is 10.6 Å². The molecule has 0 bridgehead atoms. The number of ether oxygens (including phenoxy) is 1. The van der Waals surface area contributed by atoms with Crippen molar-refractivity contribution in [1.29, 1.82) is 0 Å². The smallest absolute Gasteiger partial charge is 0.338 e. The number of nitrogens with one attached hydrogen (secondary N) is 2. The van der Waals surface area contributed by atoms with Crippen LogP contribution in [-0.2, 0) is 25.7 Å². The lowest BCUT2D eigenvalue weighted by Gasteiger charge is -2.37. The summed E-state index contributed by atoms with van der Waals surface area (Å²) in [6.45, 7) is 0.656. The molecule has 0 radical (unpaired) electrons. The van der Waals surface area contributed by atoms with Crippen LogP contribution in [0.5, 0.6) is 0 Å². The number of imide groups is 1. The summed E-state index contributed by atoms with van der Waals surface area (Å²) < 4.78 is 20.1. The minimum absolute atomic E-state index is 0.0853. The number of hydrogen-bond donors (Lipinski definition) is 3. The first-order chi connectivity index (χ1) is 15.8. The van der Waals surface area contributed by atoms with Crippen molar-refractivity contribution < 1.29 is 28.6 Å². The Balaban J connectivity index is 1.33. The minimum Gasteiger partial charge on any atom is -0.459 e. The molecule has 4 rings (SSSR count). The van der Waals surface area contributed by atoms with Crippen LogP contribution in [0.1, 0.15) is 31.2 Å². The van der Waals surface area contributed by atoms with Gasteiger partial charge in [-0.05, 0) is 30.2 Å². The van der Waals surface area contributed by atoms with Gasteiger partial charge in [-0.3, -0.25) is 14.9 Å². The first-order valence-electron chi connectivity index (χ1n) is 10.9. The maximum absolute atomic E-state index is 14.8. The molecule has 2 fully saturated rings. The Morgan fingerprint density at radius 3 is 2.58 bits per heavy atom. The summed E-state index contributed by atoms with van der Waals surface area (Å²) in [4.78, 5) is 37.4. The zero-order valence-electron chi connectivity index (χ0n) is 18.1. The van der Waals surface area contributed by atoms with E-state index >= 15 is 0 Å². The topological polar surface area (TPSA) is 108 Å². The molecule has 8 nitrogen and oxygen atoms in total. The van der Waals surface area contributed by atoms with Crippen molar-refractivity contribution in [3.05, 3.63) is 59.9 Å². The van der Waals surface area contributed by atoms with Gasteiger partial charge in [-0.1, -0.05) is 30.3 Å². The average Bonchev–Trinajstić information content (AvgIpc) is 2.81. The number of rotatable bonds is 6. The third kappa shape index (κ3) is 5.31. The van der Waals surface area contributed by atoms with Gasteiger partial charge in [-0.25, -0.2) is 9.18 Å². The molecule has 174 valence electrons. The lowest BCUT2D eigenvalue weighted by Crippen LogP contribution is -2.50. The summed E-state index contributed by atoms with van der Waals surface area (Å²) in [5, 5.41) is 16.0. The summed E-state index contributed by atoms with van der Waals surface area (Å²) in [5.41, 5.74) is 0.0157. The second kappa shape index (κ2) is 9.58. The van der Waals surface area contributed by atoms with E-state index in [0.29, 0.717) is 17.8 Å². The number of nitrogens with zero attached hydrogens (tertiary/aromatic N) is 1. The number of piperidine rings is 2. The molecule has 0 spiro atoms. The lowest BCUT2D eigenvalue weighted by atomic mass is 9.91. The predicted octanol–water partition coefficient (Wildman–Crippen LogP) is 2.12. The molecule has 0 aliphatic carbocycles. The number of halogens is 1. The van der Waals surface area contributed by atoms with Crippen molar-refractivity contribution in [2.24, 2.45) is 0 Å². The summed E-state index contributed by atoms with van der Waals surface area (Å²) in [6.07, 6.45) is 0.820. The van der Waals surface area contributed by atoms with E-state index in [9.17, 15) is 23.9 Å². The highest BCUT2D eigenvalue weighted by Gasteiger charge is 2.41. The molecule has 0 unspecified atom stereocenters. The van der Waals surface area contributed by atoms with Crippen LogP contribution in [0, 0.1) is 5.82 Å². The molecule has 0 aromatic heterocycles. The van der Waals surface area contributed by atoms with Crippen LogP contribution in [0.3, 0.4) is 0 Å². The van der Waals surface area contributed by atoms with Crippen molar-refractivity contribution in [2.75, 3.05) is 23.3 Å². The zero-order chi connectivity index (χ0) is 23.4. The number of benzene rings is 2. The highest BCUT2D eigenvalue weighted by Crippen LogP contribution is 2.31. The van der Waals surface area contributed by atoms with Gasteiger partial charge in [0.25, 0.3) is 0 Å². The van der Waals surface area contributed by atoms with Gasteiger partial charge in [0.1, 0.15) is 18.5 Å². The normalized spacial score (nSPS) is 20.2. The molecule has 2 saturated heterocycles. The van der Waals surface area contributed by atoms with Gasteiger partial charge >= 0.3 is 5.97 Å². The highest BCUT2D eigenvalue weighted by molar-refractivity contribution is 6.01. The van der Waals surface area contributed by atoms with Crippen molar-refractivity contribution in [3.8, 4) is 0 Å². The fourth-order valence-corrected chi connectivity index (χ4v) is 4.06. The summed E-state index contributed by atoms with van der Waals surface area (Å²) in [7, 11) is 0. The number of carbonyl (C=O) groups is 3. The van der Waals surface area contributed by atoms with Gasteiger partial charge < -0.3 is 20.1 Å². The summed E-state index contributed by atoms with van der Waals surface area (Å²) in [6, 6.07) is 13.2. The number of carbonyl (C=O) groups excluding carboxylic acids is 3. The molecule has 2 heterocycles. The number of amides is 2. The van der Waals surface area contributed by atoms with E-state index in [1.54, 1.807) is 17.0 Å². The van der Waals surface area contributed by atoms with Gasteiger partial charge in [0, 0.05) is 38.0 Å². The summed E-state index contributed by atoms with van der Waals surface area (Å²) >= 11 is 0. The Kier molecular flexibility index (Phi) is 6.60. The quantitative estimate of drug-likeness (QED) is 0.452. The third-order valence-corrected chi connectivity index (χ3v) is 6.05. The van der Waals surface area contributed by atoms with Crippen molar-refractivity contribution in [3.63, 3.8) is 0 Å². The molecule has 3 N–H and O–H groups in total. The molecule has 2 aliphatic heterocycles. The van der Waals surface area contributed by atoms with E-state index in [-0.39, 0.29) is 44.9 Å². The predicted molar refractivity (Wildman–Crippen MR) is 119 cm³/mol. The van der Waals surface area contributed by atoms with E-state index in [1.165, 1.54) is 6.07 Å². The first kappa shape index (κ1) is 22.7. The van der Waals surface area contributed by atoms with Gasteiger partial charge in [-0.15, -0.1) is 0 Å². The van der Waals surface area contributed by atoms with Crippen LogP contribution in [-0.4, -0.2) is 47.6 Å². The van der Waals surface area contributed by atoms with Gasteiger partial charge in [0.05, 0.1) is 5.69 Å². The monoisotopic (exact) mass is 455 g/mol. The highest BCUT2D eigenvalue weighted by atomic mass is 19.1. The SMILES string of the molecule is O=C1CC[C@@H](Nc2ccc(N3CCC(O)(C(=O)OCc4ccccc4)CC3)c(F)c2)C(=O)N1. The van der Waals surface area contributed by atoms with Crippen molar-refractivity contribution in [2.45, 2.75) is 43.9 Å². The standard InChI is InChI=1S/C24H26FN3O5/c25-18-14-17(26-19-7-9-21(29)27-22(19)30)6-8-20(18)28-12-10-24(32,11-13-28)23(31)33-15-16-4-2-1-3-5-16/h1-6,8,14,19,26,32H,7,9-13,15H2,(H,27,29,30)/t19-/m1/s1. The van der Waals surface area contributed by atoms with Gasteiger partial charge in [0.15, 0.2) is 5.60 Å². The summed E-state index contributed by atoms with van der Waals surface area (Å²) in [5.74, 6) is -1.89. The second-order valence-electron chi connectivity index (χ2n) is 8.39. The van der Waals surface area contributed by atoms with Crippen molar-refractivity contribution in [1.82, 2.24) is 5.32 Å². The maximum Gasteiger partial charge on any atom is 0.338 e. The van der Waals surface area contributed by atoms with Crippen molar-refractivity contribution >= 4 is 29.2 Å². The number of hydrogen-bond acceptors (Lipinski definition) is 7. The Morgan fingerprint density at radius 2 is 1.91 bits per heavy atom. The average molecular weight is 455 g/mol. The van der Waals surface area contributed by atoms with Crippen LogP contribution < -0.4 is 15.5 Å². The molecule has 2 aromatic rings. The van der Waals surface area contributed by atoms with Crippen LogP contribution in [0.2, 0.25) is 0 Å². The fraction of sp³-hybridized carbons (Fsp3) is 0.375. The fourth-order valence-electron chi connectivity index (χ4n) is 4.06. The van der Waals surface area contributed by atoms with Gasteiger partial charge in [0.2, 0.25) is 11.8 Å². The second-order valence-corrected chi connectivity index (χ2v) is 8.39. The van der Waals surface area contributed by atoms with Gasteiger partial charge in [-0.2, -0.15) is 0 Å². The van der Waals surface area contributed by atoms with Crippen LogP contribution in [0.15, 0.2) is 48.5 Å². The van der Waals surface area contributed by atoms with E-state index in [1.807, 2.05) is 30.3 Å². The Labute approximate surface area is 190 Å². The Bertz CT molecular complexity index is 1040. The molecule has 2 aliphatic rings. The van der Waals surface area contributed by atoms with E-state index in [4.69, 9.17) is 4.74 Å². The largest absolute Gasteiger partial charge is 0.459 e. The molecule has 9 heteroatoms. The van der Waals surface area contributed by atoms with E-state index < -0.39 is 29.3 Å². The Hall–Kier alpha value is -3.46. The molecule has 1 atom stereocenters. The molecule has 0 saturated carbocycles. The zero-order valence-corrected chi connectivity index (χ0v) is 18.1. The first-order valence-corrected chi connectivity index (χ1v) is 10.9. The Morgan fingerprint density at radius 1 is 1.18 bits per heavy atom. The molecule has 2 amide bonds. The number of aliphatic hydroxyl groups is 1. The van der Waals surface area contributed by atoms with E-state index in [0.717, 1.165) is 5.56 Å². The molecular formula is C24H26FN3O5. The molecular weight excluding hydrogens is 429 g/mol. The third-order valence-electron chi connectivity index (χ3n) is 6.05.